The molecule has 0 saturated heterocycles. The van der Waals surface area contributed by atoms with E-state index in [0.29, 0.717) is 0 Å². The maximum Gasteiger partial charge on any atom is 0.146 e. The fourth-order valence-electron chi connectivity index (χ4n) is 1.27. The summed E-state index contributed by atoms with van der Waals surface area (Å²) in [4.78, 5) is 10.3. The summed E-state index contributed by atoms with van der Waals surface area (Å²) in [5, 5.41) is 0. The number of nitrogens with zero attached hydrogens (tertiary/aromatic N) is 3. The van der Waals surface area contributed by atoms with Gasteiger partial charge in [-0.3, -0.25) is 0 Å². The molecular weight excluding hydrogens is 258 g/mol. The van der Waals surface area contributed by atoms with Gasteiger partial charge < -0.3 is 9.64 Å². The van der Waals surface area contributed by atoms with Crippen LogP contribution in [0.5, 0.6) is 0 Å². The van der Waals surface area contributed by atoms with Crippen molar-refractivity contribution >= 4 is 21.7 Å². The van der Waals surface area contributed by atoms with Gasteiger partial charge in [-0.25, -0.2) is 9.97 Å². The summed E-state index contributed by atoms with van der Waals surface area (Å²) < 4.78 is 6.25. The number of rotatable bonds is 6. The fraction of sp³-hybridized carbons (Fsp3) is 0.600. The maximum atomic E-state index is 5.33. The summed E-state index contributed by atoms with van der Waals surface area (Å²) >= 11 is 3.44. The number of hydrogen-bond donors (Lipinski definition) is 0. The van der Waals surface area contributed by atoms with Gasteiger partial charge in [0, 0.05) is 25.9 Å². The second-order valence-corrected chi connectivity index (χ2v) is 3.83. The van der Waals surface area contributed by atoms with E-state index in [1.165, 1.54) is 0 Å². The number of aromatic nitrogens is 2. The Hall–Kier alpha value is -0.680. The van der Waals surface area contributed by atoms with Crippen molar-refractivity contribution < 1.29 is 4.74 Å². The minimum absolute atomic E-state index is 0.723. The molecule has 0 aromatic carbocycles. The normalized spacial score (nSPS) is 10.3. The number of ether oxygens (including phenoxy) is 1. The van der Waals surface area contributed by atoms with E-state index in [1.54, 1.807) is 12.5 Å². The second-order valence-electron chi connectivity index (χ2n) is 2.97. The van der Waals surface area contributed by atoms with E-state index in [0.717, 1.165) is 36.6 Å². The molecule has 1 aromatic heterocycles. The van der Waals surface area contributed by atoms with Crippen LogP contribution in [-0.2, 0) is 4.74 Å². The van der Waals surface area contributed by atoms with E-state index in [9.17, 15) is 0 Å². The number of anilines is 1. The minimum atomic E-state index is 0.723. The zero-order valence-corrected chi connectivity index (χ0v) is 10.7. The van der Waals surface area contributed by atoms with E-state index in [2.05, 4.69) is 37.7 Å². The molecule has 0 fully saturated rings. The molecule has 1 heterocycles. The largest absolute Gasteiger partial charge is 0.380 e. The molecule has 0 radical (unpaired) electrons. The third kappa shape index (κ3) is 3.76. The van der Waals surface area contributed by atoms with Crippen molar-refractivity contribution in [1.29, 1.82) is 0 Å². The lowest BCUT2D eigenvalue weighted by molar-refractivity contribution is 0.154. The minimum Gasteiger partial charge on any atom is -0.380 e. The quantitative estimate of drug-likeness (QED) is 0.745. The molecule has 0 aliphatic heterocycles. The first-order chi connectivity index (χ1) is 7.29. The predicted octanol–water partition coefficient (Wildman–Crippen LogP) is 2.10. The van der Waals surface area contributed by atoms with Gasteiger partial charge in [-0.05, 0) is 29.8 Å². The molecule has 0 aliphatic rings. The maximum absolute atomic E-state index is 5.33. The Morgan fingerprint density at radius 2 is 2.27 bits per heavy atom. The first-order valence-electron chi connectivity index (χ1n) is 5.07. The monoisotopic (exact) mass is 273 g/mol. The molecule has 0 saturated carbocycles. The third-order valence-electron chi connectivity index (χ3n) is 2.04. The molecule has 0 unspecified atom stereocenters. The molecule has 1 aromatic rings. The van der Waals surface area contributed by atoms with Gasteiger partial charge in [0.1, 0.15) is 12.1 Å². The molecule has 0 aliphatic carbocycles. The fourth-order valence-corrected chi connectivity index (χ4v) is 1.74. The molecule has 84 valence electrons. The lowest BCUT2D eigenvalue weighted by Gasteiger charge is -2.22. The van der Waals surface area contributed by atoms with Crippen LogP contribution in [0.2, 0.25) is 0 Å². The number of halogens is 1. The molecule has 0 N–H and O–H groups in total. The van der Waals surface area contributed by atoms with Crippen LogP contribution in [0.3, 0.4) is 0 Å². The highest BCUT2D eigenvalue weighted by Gasteiger charge is 2.08. The van der Waals surface area contributed by atoms with Crippen LogP contribution < -0.4 is 4.90 Å². The molecule has 4 nitrogen and oxygen atoms in total. The van der Waals surface area contributed by atoms with E-state index < -0.39 is 0 Å². The summed E-state index contributed by atoms with van der Waals surface area (Å²) in [6.45, 7) is 7.32. The lowest BCUT2D eigenvalue weighted by Crippen LogP contribution is -2.28. The molecule has 1 rings (SSSR count). The van der Waals surface area contributed by atoms with E-state index in [-0.39, 0.29) is 0 Å². The Morgan fingerprint density at radius 1 is 1.47 bits per heavy atom. The van der Waals surface area contributed by atoms with Crippen molar-refractivity contribution in [1.82, 2.24) is 9.97 Å². The first-order valence-corrected chi connectivity index (χ1v) is 5.87. The first kappa shape index (κ1) is 12.4. The van der Waals surface area contributed by atoms with E-state index in [4.69, 9.17) is 4.74 Å². The van der Waals surface area contributed by atoms with Crippen LogP contribution in [0.1, 0.15) is 13.8 Å². The van der Waals surface area contributed by atoms with E-state index >= 15 is 0 Å². The number of hydrogen-bond acceptors (Lipinski definition) is 4. The highest BCUT2D eigenvalue weighted by molar-refractivity contribution is 9.10. The van der Waals surface area contributed by atoms with Crippen molar-refractivity contribution in [3.8, 4) is 0 Å². The molecule has 0 bridgehead atoms. The molecule has 15 heavy (non-hydrogen) atoms. The van der Waals surface area contributed by atoms with Gasteiger partial charge in [0.15, 0.2) is 0 Å². The Morgan fingerprint density at radius 3 is 2.87 bits per heavy atom. The van der Waals surface area contributed by atoms with Gasteiger partial charge >= 0.3 is 0 Å². The van der Waals surface area contributed by atoms with Gasteiger partial charge in [0.05, 0.1) is 11.1 Å². The summed E-state index contributed by atoms with van der Waals surface area (Å²) in [6.07, 6.45) is 3.31. The topological polar surface area (TPSA) is 38.2 Å². The van der Waals surface area contributed by atoms with Crippen LogP contribution in [0.25, 0.3) is 0 Å². The molecule has 5 heteroatoms. The van der Waals surface area contributed by atoms with Crippen LogP contribution >= 0.6 is 15.9 Å². The van der Waals surface area contributed by atoms with Crippen LogP contribution in [0.4, 0.5) is 5.82 Å². The Bertz CT molecular complexity index is 296. The smallest absolute Gasteiger partial charge is 0.146 e. The SMILES string of the molecule is CCOCCN(CC)c1ncncc1Br. The molecule has 0 amide bonds. The van der Waals surface area contributed by atoms with Gasteiger partial charge in [0.2, 0.25) is 0 Å². The van der Waals surface area contributed by atoms with Gasteiger partial charge in [-0.15, -0.1) is 0 Å². The van der Waals surface area contributed by atoms with Crippen molar-refractivity contribution in [2.75, 3.05) is 31.2 Å². The molecular formula is C10H16BrN3O. The second kappa shape index (κ2) is 6.74. The average molecular weight is 274 g/mol. The van der Waals surface area contributed by atoms with Gasteiger partial charge in [-0.2, -0.15) is 0 Å². The summed E-state index contributed by atoms with van der Waals surface area (Å²) in [6, 6.07) is 0. The zero-order valence-electron chi connectivity index (χ0n) is 9.11. The Labute approximate surface area is 98.8 Å². The van der Waals surface area contributed by atoms with Crippen LogP contribution in [0.15, 0.2) is 17.0 Å². The summed E-state index contributed by atoms with van der Waals surface area (Å²) in [5.41, 5.74) is 0. The summed E-state index contributed by atoms with van der Waals surface area (Å²) in [7, 11) is 0. The average Bonchev–Trinajstić information content (AvgIpc) is 2.26. The summed E-state index contributed by atoms with van der Waals surface area (Å²) in [5.74, 6) is 0.923. The Balaban J connectivity index is 2.61. The Kier molecular flexibility index (Phi) is 5.57. The molecule has 0 spiro atoms. The zero-order chi connectivity index (χ0) is 11.1. The highest BCUT2D eigenvalue weighted by atomic mass is 79.9. The van der Waals surface area contributed by atoms with Crippen molar-refractivity contribution in [2.24, 2.45) is 0 Å². The van der Waals surface area contributed by atoms with Crippen LogP contribution in [-0.4, -0.2) is 36.3 Å². The molecule has 0 atom stereocenters. The van der Waals surface area contributed by atoms with Crippen molar-refractivity contribution in [3.05, 3.63) is 17.0 Å². The number of likely N-dealkylation sites (N-methyl/N-ethyl adjacent to an activating group) is 1. The highest BCUT2D eigenvalue weighted by Crippen LogP contribution is 2.21. The predicted molar refractivity (Wildman–Crippen MR) is 64.1 cm³/mol. The third-order valence-corrected chi connectivity index (χ3v) is 2.60. The van der Waals surface area contributed by atoms with Crippen molar-refractivity contribution in [3.63, 3.8) is 0 Å². The standard InChI is InChI=1S/C10H16BrN3O/c1-3-14(5-6-15-4-2)10-9(11)7-12-8-13-10/h7-8H,3-6H2,1-2H3. The van der Waals surface area contributed by atoms with Gasteiger partial charge in [0.25, 0.3) is 0 Å². The lowest BCUT2D eigenvalue weighted by atomic mass is 10.4. The van der Waals surface area contributed by atoms with Crippen molar-refractivity contribution in [2.45, 2.75) is 13.8 Å². The van der Waals surface area contributed by atoms with Crippen LogP contribution in [0, 0.1) is 0 Å². The van der Waals surface area contributed by atoms with E-state index in [1.807, 2.05) is 6.92 Å². The van der Waals surface area contributed by atoms with Gasteiger partial charge in [-0.1, -0.05) is 0 Å².